The van der Waals surface area contributed by atoms with Crippen LogP contribution in [0.5, 0.6) is 0 Å². The number of nitrogens with zero attached hydrogens (tertiary/aromatic N) is 1. The predicted molar refractivity (Wildman–Crippen MR) is 77.2 cm³/mol. The Kier molecular flexibility index (Phi) is 4.34. The van der Waals surface area contributed by atoms with Crippen LogP contribution in [0.3, 0.4) is 0 Å². The SMILES string of the molecule is O=C(CN1CCCC2CCCCC21)c1cc(F)ccc1F. The molecule has 0 bridgehead atoms. The van der Waals surface area contributed by atoms with Crippen molar-refractivity contribution in [2.75, 3.05) is 13.1 Å². The highest BCUT2D eigenvalue weighted by Gasteiger charge is 2.34. The zero-order valence-corrected chi connectivity index (χ0v) is 12.2. The molecule has 0 spiro atoms. The summed E-state index contributed by atoms with van der Waals surface area (Å²) in [7, 11) is 0. The molecule has 1 heterocycles. The maximum atomic E-state index is 13.7. The molecule has 1 aliphatic carbocycles. The third-order valence-corrected chi connectivity index (χ3v) is 4.93. The summed E-state index contributed by atoms with van der Waals surface area (Å²) in [4.78, 5) is 14.5. The van der Waals surface area contributed by atoms with Crippen molar-refractivity contribution < 1.29 is 13.6 Å². The standard InChI is InChI=1S/C17H21F2NO/c18-13-7-8-15(19)14(10-13)17(21)11-20-9-3-5-12-4-1-2-6-16(12)20/h7-8,10,12,16H,1-6,9,11H2. The molecule has 1 aromatic rings. The zero-order chi connectivity index (χ0) is 14.8. The molecule has 1 saturated heterocycles. The minimum atomic E-state index is -0.626. The number of hydrogen-bond acceptors (Lipinski definition) is 2. The molecule has 1 aromatic carbocycles. The summed E-state index contributed by atoms with van der Waals surface area (Å²) < 4.78 is 26.9. The van der Waals surface area contributed by atoms with E-state index in [1.807, 2.05) is 0 Å². The lowest BCUT2D eigenvalue weighted by Crippen LogP contribution is -2.48. The monoisotopic (exact) mass is 293 g/mol. The summed E-state index contributed by atoms with van der Waals surface area (Å²) in [5.74, 6) is -0.816. The number of halogens is 2. The second kappa shape index (κ2) is 6.22. The van der Waals surface area contributed by atoms with Crippen molar-refractivity contribution in [1.29, 1.82) is 0 Å². The van der Waals surface area contributed by atoms with Gasteiger partial charge in [0.2, 0.25) is 0 Å². The van der Waals surface area contributed by atoms with E-state index >= 15 is 0 Å². The van der Waals surface area contributed by atoms with E-state index in [-0.39, 0.29) is 17.9 Å². The fourth-order valence-corrected chi connectivity index (χ4v) is 3.91. The number of fused-ring (bicyclic) bond motifs is 1. The summed E-state index contributed by atoms with van der Waals surface area (Å²) in [6, 6.07) is 3.54. The van der Waals surface area contributed by atoms with E-state index in [9.17, 15) is 13.6 Å². The summed E-state index contributed by atoms with van der Waals surface area (Å²) in [6.45, 7) is 1.10. The first kappa shape index (κ1) is 14.6. The van der Waals surface area contributed by atoms with Crippen LogP contribution in [0.4, 0.5) is 8.78 Å². The van der Waals surface area contributed by atoms with Crippen LogP contribution in [0.15, 0.2) is 18.2 Å². The Morgan fingerprint density at radius 2 is 1.90 bits per heavy atom. The molecule has 2 atom stereocenters. The Balaban J connectivity index is 1.72. The van der Waals surface area contributed by atoms with Gasteiger partial charge in [0, 0.05) is 6.04 Å². The molecule has 2 nitrogen and oxygen atoms in total. The van der Waals surface area contributed by atoms with Gasteiger partial charge < -0.3 is 0 Å². The summed E-state index contributed by atoms with van der Waals surface area (Å²) in [5, 5.41) is 0. The van der Waals surface area contributed by atoms with Gasteiger partial charge in [-0.15, -0.1) is 0 Å². The molecule has 0 N–H and O–H groups in total. The zero-order valence-electron chi connectivity index (χ0n) is 12.2. The van der Waals surface area contributed by atoms with Crippen molar-refractivity contribution in [3.8, 4) is 0 Å². The van der Waals surface area contributed by atoms with Crippen LogP contribution >= 0.6 is 0 Å². The highest BCUT2D eigenvalue weighted by molar-refractivity contribution is 5.97. The maximum absolute atomic E-state index is 13.7. The first-order valence-electron chi connectivity index (χ1n) is 7.87. The maximum Gasteiger partial charge on any atom is 0.179 e. The molecule has 3 rings (SSSR count). The van der Waals surface area contributed by atoms with Crippen molar-refractivity contribution >= 4 is 5.78 Å². The van der Waals surface area contributed by atoms with Gasteiger partial charge in [0.1, 0.15) is 11.6 Å². The van der Waals surface area contributed by atoms with Crippen LogP contribution in [0.1, 0.15) is 48.9 Å². The second-order valence-electron chi connectivity index (χ2n) is 6.27. The number of hydrogen-bond donors (Lipinski definition) is 0. The molecule has 0 radical (unpaired) electrons. The van der Waals surface area contributed by atoms with E-state index < -0.39 is 11.6 Å². The Labute approximate surface area is 124 Å². The lowest BCUT2D eigenvalue weighted by molar-refractivity contribution is 0.0537. The normalized spacial score (nSPS) is 26.4. The van der Waals surface area contributed by atoms with Crippen LogP contribution in [-0.4, -0.2) is 29.8 Å². The van der Waals surface area contributed by atoms with E-state index in [0.29, 0.717) is 12.0 Å². The molecular formula is C17H21F2NO. The van der Waals surface area contributed by atoms with Gasteiger partial charge in [0.25, 0.3) is 0 Å². The van der Waals surface area contributed by atoms with E-state index in [4.69, 9.17) is 0 Å². The highest BCUT2D eigenvalue weighted by atomic mass is 19.1. The molecule has 21 heavy (non-hydrogen) atoms. The Hall–Kier alpha value is -1.29. The molecule has 2 fully saturated rings. The van der Waals surface area contributed by atoms with Gasteiger partial charge >= 0.3 is 0 Å². The van der Waals surface area contributed by atoms with Gasteiger partial charge in [-0.1, -0.05) is 12.8 Å². The quantitative estimate of drug-likeness (QED) is 0.790. The minimum absolute atomic E-state index is 0.118. The molecule has 0 amide bonds. The Morgan fingerprint density at radius 3 is 2.76 bits per heavy atom. The number of carbonyl (C=O) groups is 1. The third kappa shape index (κ3) is 3.15. The van der Waals surface area contributed by atoms with E-state index in [1.54, 1.807) is 0 Å². The van der Waals surface area contributed by atoms with Gasteiger partial charge in [-0.3, -0.25) is 9.69 Å². The van der Waals surface area contributed by atoms with Crippen molar-refractivity contribution in [3.05, 3.63) is 35.4 Å². The largest absolute Gasteiger partial charge is 0.293 e. The Morgan fingerprint density at radius 1 is 1.14 bits per heavy atom. The van der Waals surface area contributed by atoms with Crippen LogP contribution in [0.25, 0.3) is 0 Å². The topological polar surface area (TPSA) is 20.3 Å². The van der Waals surface area contributed by atoms with E-state index in [0.717, 1.165) is 37.6 Å². The minimum Gasteiger partial charge on any atom is -0.293 e. The first-order chi connectivity index (χ1) is 10.1. The molecule has 2 unspecified atom stereocenters. The Bertz CT molecular complexity index is 530. The smallest absolute Gasteiger partial charge is 0.179 e. The third-order valence-electron chi connectivity index (χ3n) is 4.93. The average Bonchev–Trinajstić information content (AvgIpc) is 2.50. The van der Waals surface area contributed by atoms with Crippen molar-refractivity contribution in [3.63, 3.8) is 0 Å². The molecule has 4 heteroatoms. The van der Waals surface area contributed by atoms with Crippen molar-refractivity contribution in [1.82, 2.24) is 4.90 Å². The molecular weight excluding hydrogens is 272 g/mol. The van der Waals surface area contributed by atoms with Crippen molar-refractivity contribution in [2.45, 2.75) is 44.6 Å². The number of benzene rings is 1. The highest BCUT2D eigenvalue weighted by Crippen LogP contribution is 2.35. The summed E-state index contributed by atoms with van der Waals surface area (Å²) in [6.07, 6.45) is 7.19. The molecule has 1 aliphatic heterocycles. The number of Topliss-reactive ketones (excluding diaryl/α,β-unsaturated/α-hetero) is 1. The number of piperidine rings is 1. The van der Waals surface area contributed by atoms with Gasteiger partial charge in [-0.25, -0.2) is 8.78 Å². The molecule has 1 saturated carbocycles. The van der Waals surface area contributed by atoms with Crippen LogP contribution < -0.4 is 0 Å². The summed E-state index contributed by atoms with van der Waals surface area (Å²) >= 11 is 0. The lowest BCUT2D eigenvalue weighted by atomic mass is 9.78. The molecule has 2 aliphatic rings. The first-order valence-corrected chi connectivity index (χ1v) is 7.87. The van der Waals surface area contributed by atoms with Gasteiger partial charge in [-0.05, 0) is 56.3 Å². The fourth-order valence-electron chi connectivity index (χ4n) is 3.91. The number of likely N-dealkylation sites (tertiary alicyclic amines) is 1. The van der Waals surface area contributed by atoms with E-state index in [2.05, 4.69) is 4.90 Å². The average molecular weight is 293 g/mol. The fraction of sp³-hybridized carbons (Fsp3) is 0.588. The van der Waals surface area contributed by atoms with Crippen molar-refractivity contribution in [2.24, 2.45) is 5.92 Å². The number of rotatable bonds is 3. The molecule has 114 valence electrons. The van der Waals surface area contributed by atoms with Gasteiger partial charge in [0.15, 0.2) is 5.78 Å². The summed E-state index contributed by atoms with van der Waals surface area (Å²) in [5.41, 5.74) is -0.118. The van der Waals surface area contributed by atoms with Gasteiger partial charge in [0.05, 0.1) is 12.1 Å². The number of ketones is 1. The number of carbonyl (C=O) groups excluding carboxylic acids is 1. The second-order valence-corrected chi connectivity index (χ2v) is 6.27. The van der Waals surface area contributed by atoms with Gasteiger partial charge in [-0.2, -0.15) is 0 Å². The predicted octanol–water partition coefficient (Wildman–Crippen LogP) is 3.80. The van der Waals surface area contributed by atoms with Crippen LogP contribution in [0.2, 0.25) is 0 Å². The van der Waals surface area contributed by atoms with E-state index in [1.165, 1.54) is 25.7 Å². The molecule has 0 aromatic heterocycles. The lowest BCUT2D eigenvalue weighted by Gasteiger charge is -2.43. The van der Waals surface area contributed by atoms with Crippen LogP contribution in [-0.2, 0) is 0 Å². The van der Waals surface area contributed by atoms with Crippen LogP contribution in [0, 0.1) is 17.6 Å².